The molecule has 1 amide bonds. The number of benzene rings is 2. The number of amides is 1. The van der Waals surface area contributed by atoms with Gasteiger partial charge in [-0.3, -0.25) is 14.4 Å². The second kappa shape index (κ2) is 12.7. The topological polar surface area (TPSA) is 81.7 Å². The highest BCUT2D eigenvalue weighted by atomic mass is 19.4. The number of alkyl halides is 6. The first-order valence-electron chi connectivity index (χ1n) is 12.3. The van der Waals surface area contributed by atoms with E-state index in [1.807, 2.05) is 5.32 Å². The highest BCUT2D eigenvalue weighted by Gasteiger charge is 2.58. The summed E-state index contributed by atoms with van der Waals surface area (Å²) in [5.41, 5.74) is -4.03. The number of carbonyl (C=O) groups is 3. The number of hydrogen-bond donors (Lipinski definition) is 1. The maximum Gasteiger partial charge on any atom is 0.416 e. The summed E-state index contributed by atoms with van der Waals surface area (Å²) in [6, 6.07) is 9.94. The Morgan fingerprint density at radius 1 is 0.850 bits per heavy atom. The molecule has 0 aliphatic heterocycles. The molecule has 0 saturated heterocycles. The third-order valence-electron chi connectivity index (χ3n) is 5.58. The second-order valence-electron chi connectivity index (χ2n) is 10.3. The molecule has 0 saturated carbocycles. The normalized spacial score (nSPS) is 13.8. The summed E-state index contributed by atoms with van der Waals surface area (Å²) >= 11 is 0. The van der Waals surface area contributed by atoms with Gasteiger partial charge in [0.05, 0.1) is 6.61 Å². The van der Waals surface area contributed by atoms with Crippen molar-refractivity contribution >= 4 is 17.7 Å². The van der Waals surface area contributed by atoms with E-state index in [1.165, 1.54) is 32.9 Å². The van der Waals surface area contributed by atoms with Crippen LogP contribution in [0.2, 0.25) is 0 Å². The molecule has 2 aromatic carbocycles. The number of Topliss-reactive ketones (excluding diaryl/α,β-unsaturated/α-hetero) is 1. The van der Waals surface area contributed by atoms with Gasteiger partial charge in [-0.05, 0) is 51.8 Å². The van der Waals surface area contributed by atoms with E-state index in [0.29, 0.717) is 0 Å². The van der Waals surface area contributed by atoms with E-state index in [-0.39, 0.29) is 24.3 Å². The lowest BCUT2D eigenvalue weighted by Crippen LogP contribution is -2.57. The van der Waals surface area contributed by atoms with Gasteiger partial charge in [0.15, 0.2) is 11.3 Å². The Balaban J connectivity index is 2.41. The summed E-state index contributed by atoms with van der Waals surface area (Å²) in [5, 5.41) is 1.85. The standard InChI is InChI=1S/C28H31F6NO5/c1-18-6-8-19(9-7-18)22(36)17-26(28(32,33)34,35-23(37)16-24(38)40-25(2,3)4)20-10-12-21(13-11-20)39-15-5-14-27(29,30)31/h6-13H,5,14-17H2,1-4H3,(H,35,37)/t26-/m0/s1. The SMILES string of the molecule is Cc1ccc(C(=O)C[C@](NC(=O)CC(=O)OC(C)(C)C)(c2ccc(OCCCC(F)(F)F)cc2)C(F)(F)F)cc1. The van der Waals surface area contributed by atoms with Crippen molar-refractivity contribution in [3.8, 4) is 5.75 Å². The van der Waals surface area contributed by atoms with Crippen LogP contribution in [0.3, 0.4) is 0 Å². The molecule has 0 unspecified atom stereocenters. The molecule has 0 aliphatic rings. The highest BCUT2D eigenvalue weighted by Crippen LogP contribution is 2.43. The quantitative estimate of drug-likeness (QED) is 0.107. The van der Waals surface area contributed by atoms with Crippen LogP contribution in [0.5, 0.6) is 5.75 Å². The maximum absolute atomic E-state index is 14.8. The van der Waals surface area contributed by atoms with Crippen molar-refractivity contribution in [2.75, 3.05) is 6.61 Å². The lowest BCUT2D eigenvalue weighted by Gasteiger charge is -2.37. The number of ketones is 1. The van der Waals surface area contributed by atoms with Crippen LogP contribution >= 0.6 is 0 Å². The highest BCUT2D eigenvalue weighted by molar-refractivity contribution is 5.98. The summed E-state index contributed by atoms with van der Waals surface area (Å²) < 4.78 is 91.7. The van der Waals surface area contributed by atoms with E-state index in [4.69, 9.17) is 9.47 Å². The van der Waals surface area contributed by atoms with Gasteiger partial charge in [-0.15, -0.1) is 0 Å². The van der Waals surface area contributed by atoms with Crippen LogP contribution < -0.4 is 10.1 Å². The first-order valence-corrected chi connectivity index (χ1v) is 12.3. The fraction of sp³-hybridized carbons (Fsp3) is 0.464. The van der Waals surface area contributed by atoms with Gasteiger partial charge < -0.3 is 14.8 Å². The third kappa shape index (κ3) is 9.87. The number of ether oxygens (including phenoxy) is 2. The molecule has 2 rings (SSSR count). The van der Waals surface area contributed by atoms with Gasteiger partial charge in [-0.25, -0.2) is 0 Å². The lowest BCUT2D eigenvalue weighted by molar-refractivity contribution is -0.202. The first-order chi connectivity index (χ1) is 18.3. The Bertz CT molecular complexity index is 1170. The van der Waals surface area contributed by atoms with Crippen LogP contribution in [0.1, 0.15) is 67.9 Å². The largest absolute Gasteiger partial charge is 0.494 e. The summed E-state index contributed by atoms with van der Waals surface area (Å²) in [6.07, 6.45) is -13.3. The smallest absolute Gasteiger partial charge is 0.416 e. The molecule has 0 fully saturated rings. The van der Waals surface area contributed by atoms with Crippen molar-refractivity contribution in [3.63, 3.8) is 0 Å². The fourth-order valence-corrected chi connectivity index (χ4v) is 3.72. The van der Waals surface area contributed by atoms with Crippen molar-refractivity contribution in [2.24, 2.45) is 0 Å². The zero-order valence-electron chi connectivity index (χ0n) is 22.5. The summed E-state index contributed by atoms with van der Waals surface area (Å²) in [7, 11) is 0. The van der Waals surface area contributed by atoms with Crippen LogP contribution in [0, 0.1) is 6.92 Å². The number of halogens is 6. The van der Waals surface area contributed by atoms with Gasteiger partial charge in [-0.2, -0.15) is 26.3 Å². The van der Waals surface area contributed by atoms with Crippen molar-refractivity contribution in [3.05, 3.63) is 65.2 Å². The van der Waals surface area contributed by atoms with Crippen molar-refractivity contribution < 1.29 is 50.2 Å². The monoisotopic (exact) mass is 575 g/mol. The fourth-order valence-electron chi connectivity index (χ4n) is 3.72. The molecule has 2 aromatic rings. The minimum Gasteiger partial charge on any atom is -0.494 e. The zero-order valence-corrected chi connectivity index (χ0v) is 22.5. The van der Waals surface area contributed by atoms with Crippen LogP contribution in [-0.4, -0.2) is 42.2 Å². The van der Waals surface area contributed by atoms with E-state index in [0.717, 1.165) is 29.8 Å². The van der Waals surface area contributed by atoms with Crippen LogP contribution in [0.15, 0.2) is 48.5 Å². The molecule has 1 N–H and O–H groups in total. The molecule has 12 heteroatoms. The number of rotatable bonds is 11. The predicted molar refractivity (Wildman–Crippen MR) is 134 cm³/mol. The lowest BCUT2D eigenvalue weighted by atomic mass is 9.82. The van der Waals surface area contributed by atoms with Crippen LogP contribution in [-0.2, 0) is 19.9 Å². The molecular formula is C28H31F6NO5. The molecule has 220 valence electrons. The van der Waals surface area contributed by atoms with E-state index < -0.39 is 66.0 Å². The van der Waals surface area contributed by atoms with Gasteiger partial charge in [0, 0.05) is 18.4 Å². The molecule has 0 heterocycles. The minimum atomic E-state index is -5.22. The zero-order chi connectivity index (χ0) is 30.4. The molecule has 1 atom stereocenters. The van der Waals surface area contributed by atoms with Crippen molar-refractivity contribution in [1.29, 1.82) is 0 Å². The van der Waals surface area contributed by atoms with Crippen LogP contribution in [0.25, 0.3) is 0 Å². The van der Waals surface area contributed by atoms with E-state index in [2.05, 4.69) is 0 Å². The molecule has 0 spiro atoms. The van der Waals surface area contributed by atoms with Crippen LogP contribution in [0.4, 0.5) is 26.3 Å². The van der Waals surface area contributed by atoms with Crippen molar-refractivity contribution in [1.82, 2.24) is 5.32 Å². The predicted octanol–water partition coefficient (Wildman–Crippen LogP) is 6.59. The second-order valence-corrected chi connectivity index (χ2v) is 10.3. The van der Waals surface area contributed by atoms with Gasteiger partial charge in [0.1, 0.15) is 17.8 Å². The Hall–Kier alpha value is -3.57. The van der Waals surface area contributed by atoms with E-state index in [1.54, 1.807) is 19.1 Å². The maximum atomic E-state index is 14.8. The summed E-state index contributed by atoms with van der Waals surface area (Å²) in [5.74, 6) is -3.32. The molecule has 0 aliphatic carbocycles. The minimum absolute atomic E-state index is 0.00746. The molecule has 6 nitrogen and oxygen atoms in total. The molecule has 0 radical (unpaired) electrons. The molecule has 40 heavy (non-hydrogen) atoms. The van der Waals surface area contributed by atoms with Gasteiger partial charge in [0.2, 0.25) is 5.91 Å². The summed E-state index contributed by atoms with van der Waals surface area (Å²) in [6.45, 7) is 5.97. The summed E-state index contributed by atoms with van der Waals surface area (Å²) in [4.78, 5) is 37.9. The molecule has 0 aromatic heterocycles. The van der Waals surface area contributed by atoms with E-state index >= 15 is 0 Å². The Morgan fingerprint density at radius 3 is 1.93 bits per heavy atom. The Kier molecular flexibility index (Phi) is 10.4. The number of nitrogens with one attached hydrogen (secondary N) is 1. The number of esters is 1. The van der Waals surface area contributed by atoms with Gasteiger partial charge in [-0.1, -0.05) is 42.0 Å². The average molecular weight is 576 g/mol. The average Bonchev–Trinajstić information content (AvgIpc) is 2.79. The van der Waals surface area contributed by atoms with Gasteiger partial charge in [0.25, 0.3) is 0 Å². The Labute approximate surface area is 228 Å². The van der Waals surface area contributed by atoms with Gasteiger partial charge >= 0.3 is 18.3 Å². The number of aryl methyl sites for hydroxylation is 1. The first kappa shape index (κ1) is 32.6. The molecular weight excluding hydrogens is 544 g/mol. The van der Waals surface area contributed by atoms with Crippen molar-refractivity contribution in [2.45, 2.75) is 76.9 Å². The third-order valence-corrected chi connectivity index (χ3v) is 5.58. The number of carbonyl (C=O) groups excluding carboxylic acids is 3. The van der Waals surface area contributed by atoms with E-state index in [9.17, 15) is 40.7 Å². The molecule has 0 bridgehead atoms. The number of hydrogen-bond acceptors (Lipinski definition) is 5. The Morgan fingerprint density at radius 2 is 1.43 bits per heavy atom.